The average Bonchev–Trinajstić information content (AvgIpc) is 2.36. The molecule has 1 atom stereocenters. The second kappa shape index (κ2) is 3.52. The van der Waals surface area contributed by atoms with Gasteiger partial charge in [-0.25, -0.2) is 0 Å². The van der Waals surface area contributed by atoms with Crippen molar-refractivity contribution in [1.82, 2.24) is 5.32 Å². The third-order valence-electron chi connectivity index (χ3n) is 2.30. The first-order valence-electron chi connectivity index (χ1n) is 4.38. The fourth-order valence-electron chi connectivity index (χ4n) is 1.46. The van der Waals surface area contributed by atoms with Crippen LogP contribution in [0.3, 0.4) is 0 Å². The molecule has 0 bridgehead atoms. The van der Waals surface area contributed by atoms with Crippen LogP contribution in [0, 0.1) is 0 Å². The molecule has 2 heterocycles. The van der Waals surface area contributed by atoms with Gasteiger partial charge in [0.25, 0.3) is 0 Å². The zero-order valence-corrected chi connectivity index (χ0v) is 6.71. The van der Waals surface area contributed by atoms with Crippen LogP contribution >= 0.6 is 0 Å². The zero-order chi connectivity index (χ0) is 7.52. The van der Waals surface area contributed by atoms with E-state index in [4.69, 9.17) is 9.47 Å². The highest BCUT2D eigenvalue weighted by molar-refractivity contribution is 4.76. The van der Waals surface area contributed by atoms with E-state index in [-0.39, 0.29) is 0 Å². The molecule has 2 aliphatic rings. The smallest absolute Gasteiger partial charge is 0.0700 e. The topological polar surface area (TPSA) is 30.5 Å². The van der Waals surface area contributed by atoms with Crippen molar-refractivity contribution in [2.24, 2.45) is 0 Å². The van der Waals surface area contributed by atoms with Gasteiger partial charge in [-0.3, -0.25) is 0 Å². The van der Waals surface area contributed by atoms with Gasteiger partial charge in [-0.2, -0.15) is 0 Å². The molecule has 3 nitrogen and oxygen atoms in total. The number of ether oxygens (including phenoxy) is 2. The van der Waals surface area contributed by atoms with Gasteiger partial charge in [0.2, 0.25) is 0 Å². The van der Waals surface area contributed by atoms with Crippen molar-refractivity contribution < 1.29 is 9.47 Å². The first kappa shape index (κ1) is 7.53. The Morgan fingerprint density at radius 2 is 2.27 bits per heavy atom. The summed E-state index contributed by atoms with van der Waals surface area (Å²) in [6.07, 6.45) is 2.92. The van der Waals surface area contributed by atoms with Crippen LogP contribution < -0.4 is 5.32 Å². The van der Waals surface area contributed by atoms with Crippen LogP contribution in [0.1, 0.15) is 12.8 Å². The Balaban J connectivity index is 1.57. The Bertz CT molecular complexity index is 119. The maximum atomic E-state index is 5.47. The predicted molar refractivity (Wildman–Crippen MR) is 41.6 cm³/mol. The molecule has 2 rings (SSSR count). The highest BCUT2D eigenvalue weighted by Crippen LogP contribution is 2.11. The fraction of sp³-hybridized carbons (Fsp3) is 1.00. The highest BCUT2D eigenvalue weighted by Gasteiger charge is 2.21. The second-order valence-corrected chi connectivity index (χ2v) is 3.28. The summed E-state index contributed by atoms with van der Waals surface area (Å²) >= 11 is 0. The molecule has 0 aromatic carbocycles. The van der Waals surface area contributed by atoms with E-state index in [1.807, 2.05) is 0 Å². The van der Waals surface area contributed by atoms with E-state index < -0.39 is 0 Å². The molecule has 0 aromatic heterocycles. The summed E-state index contributed by atoms with van der Waals surface area (Å²) < 4.78 is 10.5. The number of rotatable bonds is 3. The minimum Gasteiger partial charge on any atom is -0.378 e. The van der Waals surface area contributed by atoms with E-state index in [0.717, 1.165) is 26.4 Å². The standard InChI is InChI=1S/C8H15NO2/c1-2-8(11-3-1)4-9-7-5-10-6-7/h7-9H,1-6H2. The summed E-state index contributed by atoms with van der Waals surface area (Å²) in [7, 11) is 0. The Hall–Kier alpha value is -0.120. The third-order valence-corrected chi connectivity index (χ3v) is 2.30. The molecule has 64 valence electrons. The Kier molecular flexibility index (Phi) is 2.41. The Labute approximate surface area is 67.1 Å². The summed E-state index contributed by atoms with van der Waals surface area (Å²) in [4.78, 5) is 0. The van der Waals surface area contributed by atoms with Crippen molar-refractivity contribution in [2.45, 2.75) is 25.0 Å². The van der Waals surface area contributed by atoms with Gasteiger partial charge in [0.05, 0.1) is 25.4 Å². The quantitative estimate of drug-likeness (QED) is 0.632. The molecule has 3 heteroatoms. The van der Waals surface area contributed by atoms with Gasteiger partial charge < -0.3 is 14.8 Å². The van der Waals surface area contributed by atoms with E-state index >= 15 is 0 Å². The molecule has 0 saturated carbocycles. The summed E-state index contributed by atoms with van der Waals surface area (Å²) in [5.41, 5.74) is 0. The first-order chi connectivity index (χ1) is 5.45. The molecular formula is C8H15NO2. The molecule has 11 heavy (non-hydrogen) atoms. The van der Waals surface area contributed by atoms with Crippen molar-refractivity contribution >= 4 is 0 Å². The monoisotopic (exact) mass is 157 g/mol. The van der Waals surface area contributed by atoms with E-state index in [1.165, 1.54) is 12.8 Å². The minimum atomic E-state index is 0.468. The SMILES string of the molecule is C1COC(CNC2COC2)C1. The number of hydrogen-bond donors (Lipinski definition) is 1. The molecule has 1 unspecified atom stereocenters. The average molecular weight is 157 g/mol. The lowest BCUT2D eigenvalue weighted by Crippen LogP contribution is -2.48. The molecule has 2 saturated heterocycles. The first-order valence-corrected chi connectivity index (χ1v) is 4.38. The predicted octanol–water partition coefficient (Wildman–Crippen LogP) is 0.154. The number of nitrogens with one attached hydrogen (secondary N) is 1. The molecule has 0 aromatic rings. The maximum absolute atomic E-state index is 5.47. The zero-order valence-electron chi connectivity index (χ0n) is 6.71. The fourth-order valence-corrected chi connectivity index (χ4v) is 1.46. The molecule has 2 fully saturated rings. The lowest BCUT2D eigenvalue weighted by atomic mass is 10.2. The number of hydrogen-bond acceptors (Lipinski definition) is 3. The van der Waals surface area contributed by atoms with Gasteiger partial charge in [0.15, 0.2) is 0 Å². The molecule has 0 spiro atoms. The lowest BCUT2D eigenvalue weighted by Gasteiger charge is -2.28. The van der Waals surface area contributed by atoms with Crippen LogP contribution in [-0.2, 0) is 9.47 Å². The van der Waals surface area contributed by atoms with E-state index in [0.29, 0.717) is 12.1 Å². The molecule has 1 N–H and O–H groups in total. The van der Waals surface area contributed by atoms with E-state index in [9.17, 15) is 0 Å². The maximum Gasteiger partial charge on any atom is 0.0700 e. The van der Waals surface area contributed by atoms with Crippen molar-refractivity contribution in [2.75, 3.05) is 26.4 Å². The highest BCUT2D eigenvalue weighted by atomic mass is 16.5. The van der Waals surface area contributed by atoms with Crippen LogP contribution in [0.25, 0.3) is 0 Å². The van der Waals surface area contributed by atoms with Crippen molar-refractivity contribution in [1.29, 1.82) is 0 Å². The van der Waals surface area contributed by atoms with Gasteiger partial charge in [-0.1, -0.05) is 0 Å². The Morgan fingerprint density at radius 3 is 2.82 bits per heavy atom. The normalized spacial score (nSPS) is 32.2. The molecular weight excluding hydrogens is 142 g/mol. The lowest BCUT2D eigenvalue weighted by molar-refractivity contribution is -0.0112. The van der Waals surface area contributed by atoms with Gasteiger partial charge >= 0.3 is 0 Å². The molecule has 0 aliphatic carbocycles. The summed E-state index contributed by atoms with van der Waals surface area (Å²) in [5.74, 6) is 0. The van der Waals surface area contributed by atoms with Crippen molar-refractivity contribution in [3.05, 3.63) is 0 Å². The third kappa shape index (κ3) is 1.92. The second-order valence-electron chi connectivity index (χ2n) is 3.28. The van der Waals surface area contributed by atoms with Crippen LogP contribution in [0.4, 0.5) is 0 Å². The van der Waals surface area contributed by atoms with Crippen LogP contribution in [0.15, 0.2) is 0 Å². The van der Waals surface area contributed by atoms with Gasteiger partial charge in [-0.15, -0.1) is 0 Å². The van der Waals surface area contributed by atoms with Crippen LogP contribution in [-0.4, -0.2) is 38.5 Å². The van der Waals surface area contributed by atoms with Gasteiger partial charge in [0, 0.05) is 13.2 Å². The van der Waals surface area contributed by atoms with Crippen molar-refractivity contribution in [3.63, 3.8) is 0 Å². The van der Waals surface area contributed by atoms with E-state index in [2.05, 4.69) is 5.32 Å². The molecule has 0 amide bonds. The summed E-state index contributed by atoms with van der Waals surface area (Å²) in [5, 5.41) is 3.41. The molecule has 0 radical (unpaired) electrons. The summed E-state index contributed by atoms with van der Waals surface area (Å²) in [6, 6.07) is 0.596. The van der Waals surface area contributed by atoms with Crippen molar-refractivity contribution in [3.8, 4) is 0 Å². The minimum absolute atomic E-state index is 0.468. The molecule has 2 aliphatic heterocycles. The largest absolute Gasteiger partial charge is 0.378 e. The van der Waals surface area contributed by atoms with Gasteiger partial charge in [0.1, 0.15) is 0 Å². The summed E-state index contributed by atoms with van der Waals surface area (Å²) in [6.45, 7) is 3.72. The van der Waals surface area contributed by atoms with Gasteiger partial charge in [-0.05, 0) is 12.8 Å². The van der Waals surface area contributed by atoms with Crippen LogP contribution in [0.2, 0.25) is 0 Å². The van der Waals surface area contributed by atoms with E-state index in [1.54, 1.807) is 0 Å². The Morgan fingerprint density at radius 1 is 1.36 bits per heavy atom. The van der Waals surface area contributed by atoms with Crippen LogP contribution in [0.5, 0.6) is 0 Å².